The van der Waals surface area contributed by atoms with Crippen LogP contribution >= 0.6 is 0 Å². The molecule has 14 heavy (non-hydrogen) atoms. The number of aliphatic hydroxyl groups is 1. The van der Waals surface area contributed by atoms with Crippen LogP contribution in [0.1, 0.15) is 5.56 Å². The first kappa shape index (κ1) is 11.0. The van der Waals surface area contributed by atoms with Crippen molar-refractivity contribution < 1.29 is 13.5 Å². The van der Waals surface area contributed by atoms with Crippen LogP contribution in [0.2, 0.25) is 0 Å². The summed E-state index contributed by atoms with van der Waals surface area (Å²) in [6, 6.07) is 4.81. The van der Waals surface area contributed by atoms with Crippen LogP contribution in [0.3, 0.4) is 0 Å². The van der Waals surface area contributed by atoms with Gasteiger partial charge in [0.15, 0.2) is 9.84 Å². The Balaban J connectivity index is 3.25. The second-order valence-electron chi connectivity index (χ2n) is 3.08. The van der Waals surface area contributed by atoms with Gasteiger partial charge in [-0.25, -0.2) is 8.42 Å². The van der Waals surface area contributed by atoms with Crippen molar-refractivity contribution in [2.24, 2.45) is 0 Å². The number of hydrogen-bond acceptors (Lipinski definition) is 4. The van der Waals surface area contributed by atoms with Crippen molar-refractivity contribution in [3.05, 3.63) is 23.8 Å². The SMILES string of the molecule is Cc1ccc(N)c(S(=O)(=O)CCO)c1. The maximum Gasteiger partial charge on any atom is 0.182 e. The van der Waals surface area contributed by atoms with Gasteiger partial charge in [0.2, 0.25) is 0 Å². The molecule has 1 aromatic carbocycles. The van der Waals surface area contributed by atoms with Gasteiger partial charge in [-0.05, 0) is 24.6 Å². The van der Waals surface area contributed by atoms with Gasteiger partial charge >= 0.3 is 0 Å². The number of nitrogens with two attached hydrogens (primary N) is 1. The second kappa shape index (κ2) is 3.98. The Kier molecular flexibility index (Phi) is 3.13. The fourth-order valence-electron chi connectivity index (χ4n) is 1.14. The molecule has 0 saturated heterocycles. The van der Waals surface area contributed by atoms with Gasteiger partial charge in [0.05, 0.1) is 22.9 Å². The Morgan fingerprint density at radius 2 is 2.07 bits per heavy atom. The van der Waals surface area contributed by atoms with Crippen LogP contribution in [-0.4, -0.2) is 25.9 Å². The number of benzene rings is 1. The van der Waals surface area contributed by atoms with Crippen molar-refractivity contribution in [1.82, 2.24) is 0 Å². The van der Waals surface area contributed by atoms with E-state index in [2.05, 4.69) is 0 Å². The third-order valence-corrected chi connectivity index (χ3v) is 3.61. The summed E-state index contributed by atoms with van der Waals surface area (Å²) in [5.41, 5.74) is 6.60. The van der Waals surface area contributed by atoms with E-state index in [9.17, 15) is 8.42 Å². The largest absolute Gasteiger partial charge is 0.398 e. The molecule has 0 bridgehead atoms. The lowest BCUT2D eigenvalue weighted by Gasteiger charge is -2.06. The number of aliphatic hydroxyl groups excluding tert-OH is 1. The Morgan fingerprint density at radius 1 is 1.43 bits per heavy atom. The van der Waals surface area contributed by atoms with Gasteiger partial charge < -0.3 is 10.8 Å². The van der Waals surface area contributed by atoms with E-state index in [4.69, 9.17) is 10.8 Å². The Morgan fingerprint density at radius 3 is 2.64 bits per heavy atom. The van der Waals surface area contributed by atoms with Crippen molar-refractivity contribution in [1.29, 1.82) is 0 Å². The van der Waals surface area contributed by atoms with Gasteiger partial charge in [0, 0.05) is 0 Å². The number of anilines is 1. The van der Waals surface area contributed by atoms with E-state index in [0.29, 0.717) is 0 Å². The predicted octanol–water partition coefficient (Wildman–Crippen LogP) is 0.343. The molecular formula is C9H13NO3S. The van der Waals surface area contributed by atoms with E-state index in [1.54, 1.807) is 19.1 Å². The first-order chi connectivity index (χ1) is 6.47. The molecule has 4 nitrogen and oxygen atoms in total. The molecule has 0 saturated carbocycles. The van der Waals surface area contributed by atoms with Crippen LogP contribution in [0.5, 0.6) is 0 Å². The third-order valence-electron chi connectivity index (χ3n) is 1.86. The van der Waals surface area contributed by atoms with Crippen molar-refractivity contribution >= 4 is 15.5 Å². The van der Waals surface area contributed by atoms with Crippen LogP contribution in [-0.2, 0) is 9.84 Å². The zero-order valence-corrected chi connectivity index (χ0v) is 8.71. The maximum absolute atomic E-state index is 11.6. The summed E-state index contributed by atoms with van der Waals surface area (Å²) in [6.07, 6.45) is 0. The highest BCUT2D eigenvalue weighted by atomic mass is 32.2. The lowest BCUT2D eigenvalue weighted by Crippen LogP contribution is -2.12. The highest BCUT2D eigenvalue weighted by Gasteiger charge is 2.16. The first-order valence-corrected chi connectivity index (χ1v) is 5.82. The van der Waals surface area contributed by atoms with Gasteiger partial charge in [-0.15, -0.1) is 0 Å². The zero-order chi connectivity index (χ0) is 10.8. The van der Waals surface area contributed by atoms with E-state index >= 15 is 0 Å². The molecule has 0 heterocycles. The Bertz CT molecular complexity index is 426. The molecule has 0 atom stereocenters. The second-order valence-corrected chi connectivity index (χ2v) is 5.16. The van der Waals surface area contributed by atoms with E-state index < -0.39 is 16.4 Å². The lowest BCUT2D eigenvalue weighted by atomic mass is 10.2. The number of hydrogen-bond donors (Lipinski definition) is 2. The summed E-state index contributed by atoms with van der Waals surface area (Å²) >= 11 is 0. The van der Waals surface area contributed by atoms with Crippen LogP contribution in [0.25, 0.3) is 0 Å². The molecule has 0 amide bonds. The fraction of sp³-hybridized carbons (Fsp3) is 0.333. The minimum Gasteiger partial charge on any atom is -0.398 e. The topological polar surface area (TPSA) is 80.4 Å². The molecule has 0 unspecified atom stereocenters. The van der Waals surface area contributed by atoms with Gasteiger partial charge in [-0.2, -0.15) is 0 Å². The average molecular weight is 215 g/mol. The van der Waals surface area contributed by atoms with E-state index in [1.807, 2.05) is 0 Å². The third kappa shape index (κ3) is 2.24. The monoisotopic (exact) mass is 215 g/mol. The standard InChI is InChI=1S/C9H13NO3S/c1-7-2-3-8(10)9(6-7)14(12,13)5-4-11/h2-3,6,11H,4-5,10H2,1H3. The molecule has 1 rings (SSSR count). The fourth-order valence-corrected chi connectivity index (χ4v) is 2.39. The quantitative estimate of drug-likeness (QED) is 0.713. The van der Waals surface area contributed by atoms with Crippen molar-refractivity contribution in [2.45, 2.75) is 11.8 Å². The summed E-state index contributed by atoms with van der Waals surface area (Å²) in [5, 5.41) is 8.60. The number of rotatable bonds is 3. The minimum absolute atomic E-state index is 0.103. The zero-order valence-electron chi connectivity index (χ0n) is 7.90. The average Bonchev–Trinajstić information content (AvgIpc) is 2.09. The molecule has 0 spiro atoms. The molecule has 3 N–H and O–H groups in total. The smallest absolute Gasteiger partial charge is 0.182 e. The summed E-state index contributed by atoms with van der Waals surface area (Å²) in [6.45, 7) is 1.40. The Hall–Kier alpha value is -1.07. The Labute approximate surface area is 83.3 Å². The summed E-state index contributed by atoms with van der Waals surface area (Å²) in [4.78, 5) is 0.103. The summed E-state index contributed by atoms with van der Waals surface area (Å²) in [7, 11) is -3.44. The van der Waals surface area contributed by atoms with Gasteiger partial charge in [-0.1, -0.05) is 6.07 Å². The maximum atomic E-state index is 11.6. The minimum atomic E-state index is -3.44. The van der Waals surface area contributed by atoms with E-state index in [1.165, 1.54) is 6.07 Å². The normalized spacial score (nSPS) is 11.6. The molecule has 0 radical (unpaired) electrons. The predicted molar refractivity (Wildman–Crippen MR) is 54.7 cm³/mol. The molecular weight excluding hydrogens is 202 g/mol. The van der Waals surface area contributed by atoms with Gasteiger partial charge in [-0.3, -0.25) is 0 Å². The number of aryl methyl sites for hydroxylation is 1. The summed E-state index contributed by atoms with van der Waals surface area (Å²) < 4.78 is 23.1. The molecule has 0 fully saturated rings. The highest BCUT2D eigenvalue weighted by Crippen LogP contribution is 2.20. The van der Waals surface area contributed by atoms with E-state index in [-0.39, 0.29) is 16.3 Å². The van der Waals surface area contributed by atoms with Crippen LogP contribution in [0, 0.1) is 6.92 Å². The molecule has 0 aliphatic rings. The van der Waals surface area contributed by atoms with Gasteiger partial charge in [0.1, 0.15) is 0 Å². The molecule has 5 heteroatoms. The number of sulfone groups is 1. The molecule has 78 valence electrons. The van der Waals surface area contributed by atoms with Crippen LogP contribution in [0.4, 0.5) is 5.69 Å². The van der Waals surface area contributed by atoms with Crippen molar-refractivity contribution in [3.8, 4) is 0 Å². The van der Waals surface area contributed by atoms with E-state index in [0.717, 1.165) is 5.56 Å². The summed E-state index contributed by atoms with van der Waals surface area (Å²) in [5.74, 6) is -0.291. The lowest BCUT2D eigenvalue weighted by molar-refractivity contribution is 0.319. The van der Waals surface area contributed by atoms with Crippen LogP contribution < -0.4 is 5.73 Å². The van der Waals surface area contributed by atoms with Crippen LogP contribution in [0.15, 0.2) is 23.1 Å². The van der Waals surface area contributed by atoms with Crippen molar-refractivity contribution in [3.63, 3.8) is 0 Å². The molecule has 0 aliphatic heterocycles. The number of nitrogen functional groups attached to an aromatic ring is 1. The van der Waals surface area contributed by atoms with Gasteiger partial charge in [0.25, 0.3) is 0 Å². The van der Waals surface area contributed by atoms with Crippen molar-refractivity contribution in [2.75, 3.05) is 18.1 Å². The highest BCUT2D eigenvalue weighted by molar-refractivity contribution is 7.91. The molecule has 0 aromatic heterocycles. The first-order valence-electron chi connectivity index (χ1n) is 4.17. The molecule has 1 aromatic rings. The molecule has 0 aliphatic carbocycles.